The molecule has 0 saturated carbocycles. The van der Waals surface area contributed by atoms with Gasteiger partial charge in [0, 0.05) is 6.42 Å². The summed E-state index contributed by atoms with van der Waals surface area (Å²) in [5.41, 5.74) is 0. The monoisotopic (exact) mass is 434 g/mol. The number of unbranched alkanes of at least 4 members (excludes halogenated alkanes) is 8. The Kier molecular flexibility index (Phi) is 17.3. The number of hydrogen-bond acceptors (Lipinski definition) is 5. The fourth-order valence-electron chi connectivity index (χ4n) is 2.94. The van der Waals surface area contributed by atoms with Crippen LogP contribution < -0.4 is 0 Å². The van der Waals surface area contributed by atoms with E-state index in [0.717, 1.165) is 64.2 Å². The second-order valence-corrected chi connectivity index (χ2v) is 9.13. The van der Waals surface area contributed by atoms with Crippen molar-refractivity contribution < 1.29 is 26.7 Å². The lowest BCUT2D eigenvalue weighted by Gasteiger charge is -2.13. The third-order valence-corrected chi connectivity index (χ3v) is 5.05. The van der Waals surface area contributed by atoms with Gasteiger partial charge in [-0.3, -0.25) is 9.35 Å². The fourth-order valence-corrected chi connectivity index (χ4v) is 3.45. The standard InChI is InChI=1S/C22H42O6S/c1-4-5-6-13-16-21(28-29(24,25)26)17-14-11-9-7-8-10-12-15-18-22(23)27-19-20(2)3/h11,14,20-21H,4-10,12-13,15-19H2,1-3H3,(H,24,25,26)/b14-11-/t21-/m1/s1. The SMILES string of the molecule is CCCCCC[C@H](C/C=C\CCCCCCCC(=O)OCC(C)C)OS(=O)(=O)O. The van der Waals surface area contributed by atoms with E-state index in [-0.39, 0.29) is 5.97 Å². The molecule has 0 aliphatic rings. The maximum atomic E-state index is 11.5. The summed E-state index contributed by atoms with van der Waals surface area (Å²) in [6.45, 7) is 6.67. The summed E-state index contributed by atoms with van der Waals surface area (Å²) in [5.74, 6) is 0.279. The first-order valence-electron chi connectivity index (χ1n) is 11.2. The van der Waals surface area contributed by atoms with Gasteiger partial charge in [-0.2, -0.15) is 8.42 Å². The largest absolute Gasteiger partial charge is 0.465 e. The molecule has 0 aromatic rings. The molecule has 0 saturated heterocycles. The van der Waals surface area contributed by atoms with E-state index in [1.165, 1.54) is 0 Å². The van der Waals surface area contributed by atoms with Crippen molar-refractivity contribution in [3.05, 3.63) is 12.2 Å². The van der Waals surface area contributed by atoms with Crippen molar-refractivity contribution >= 4 is 16.4 Å². The van der Waals surface area contributed by atoms with Crippen LogP contribution in [0.25, 0.3) is 0 Å². The number of rotatable bonds is 19. The predicted molar refractivity (Wildman–Crippen MR) is 117 cm³/mol. The van der Waals surface area contributed by atoms with Crippen LogP contribution in [0.3, 0.4) is 0 Å². The molecule has 0 rings (SSSR count). The van der Waals surface area contributed by atoms with Gasteiger partial charge in [-0.1, -0.05) is 77.9 Å². The molecule has 0 amide bonds. The topological polar surface area (TPSA) is 89.9 Å². The molecular formula is C22H42O6S. The number of ether oxygens (including phenoxy) is 1. The first-order chi connectivity index (χ1) is 13.7. The van der Waals surface area contributed by atoms with Gasteiger partial charge in [0.1, 0.15) is 0 Å². The average Bonchev–Trinajstić information content (AvgIpc) is 2.63. The van der Waals surface area contributed by atoms with Crippen LogP contribution in [0.4, 0.5) is 0 Å². The Hall–Kier alpha value is -0.920. The zero-order valence-corrected chi connectivity index (χ0v) is 19.4. The summed E-state index contributed by atoms with van der Waals surface area (Å²) in [4.78, 5) is 11.5. The van der Waals surface area contributed by atoms with Crippen molar-refractivity contribution in [1.29, 1.82) is 0 Å². The van der Waals surface area contributed by atoms with Crippen LogP contribution in [-0.4, -0.2) is 31.7 Å². The number of carbonyl (C=O) groups excluding carboxylic acids is 1. The van der Waals surface area contributed by atoms with Gasteiger partial charge in [0.05, 0.1) is 12.7 Å². The molecule has 7 heteroatoms. The van der Waals surface area contributed by atoms with Crippen molar-refractivity contribution in [3.8, 4) is 0 Å². The molecule has 172 valence electrons. The molecule has 0 aliphatic heterocycles. The number of hydrogen-bond donors (Lipinski definition) is 1. The van der Waals surface area contributed by atoms with Crippen LogP contribution in [0.2, 0.25) is 0 Å². The molecule has 0 fully saturated rings. The normalized spacial score (nSPS) is 13.3. The predicted octanol–water partition coefficient (Wildman–Crippen LogP) is 6.02. The summed E-state index contributed by atoms with van der Waals surface area (Å²) >= 11 is 0. The average molecular weight is 435 g/mol. The van der Waals surface area contributed by atoms with Gasteiger partial charge in [0.25, 0.3) is 0 Å². The Balaban J connectivity index is 3.80. The molecule has 6 nitrogen and oxygen atoms in total. The minimum atomic E-state index is -4.41. The summed E-state index contributed by atoms with van der Waals surface area (Å²) < 4.78 is 40.8. The van der Waals surface area contributed by atoms with Crippen LogP contribution in [0.15, 0.2) is 12.2 Å². The Morgan fingerprint density at radius 2 is 1.62 bits per heavy atom. The lowest BCUT2D eigenvalue weighted by Crippen LogP contribution is -2.17. The fraction of sp³-hybridized carbons (Fsp3) is 0.864. The molecule has 0 aromatic heterocycles. The molecular weight excluding hydrogens is 392 g/mol. The molecule has 0 spiro atoms. The third-order valence-electron chi connectivity index (χ3n) is 4.53. The van der Waals surface area contributed by atoms with Gasteiger partial charge >= 0.3 is 16.4 Å². The van der Waals surface area contributed by atoms with E-state index in [1.807, 2.05) is 19.9 Å². The number of allylic oxidation sites excluding steroid dienone is 1. The molecule has 0 bridgehead atoms. The first-order valence-corrected chi connectivity index (χ1v) is 12.6. The lowest BCUT2D eigenvalue weighted by atomic mass is 10.1. The highest BCUT2D eigenvalue weighted by Gasteiger charge is 2.15. The van der Waals surface area contributed by atoms with E-state index in [1.54, 1.807) is 0 Å². The molecule has 0 aromatic carbocycles. The van der Waals surface area contributed by atoms with E-state index < -0.39 is 16.5 Å². The highest BCUT2D eigenvalue weighted by atomic mass is 32.3. The second kappa shape index (κ2) is 17.9. The van der Waals surface area contributed by atoms with Gasteiger partial charge in [0.15, 0.2) is 0 Å². The molecule has 0 unspecified atom stereocenters. The van der Waals surface area contributed by atoms with E-state index in [9.17, 15) is 13.2 Å². The van der Waals surface area contributed by atoms with Crippen LogP contribution in [0.1, 0.15) is 104 Å². The van der Waals surface area contributed by atoms with Gasteiger partial charge in [0.2, 0.25) is 0 Å². The third kappa shape index (κ3) is 21.6. The molecule has 1 atom stereocenters. The number of esters is 1. The first kappa shape index (κ1) is 28.1. The highest BCUT2D eigenvalue weighted by molar-refractivity contribution is 7.80. The molecule has 29 heavy (non-hydrogen) atoms. The number of carbonyl (C=O) groups is 1. The highest BCUT2D eigenvalue weighted by Crippen LogP contribution is 2.15. The van der Waals surface area contributed by atoms with E-state index in [2.05, 4.69) is 13.0 Å². The molecule has 0 heterocycles. The van der Waals surface area contributed by atoms with Crippen molar-refractivity contribution in [3.63, 3.8) is 0 Å². The van der Waals surface area contributed by atoms with Crippen LogP contribution >= 0.6 is 0 Å². The Morgan fingerprint density at radius 3 is 2.28 bits per heavy atom. The second-order valence-electron chi connectivity index (χ2n) is 8.09. The Bertz CT molecular complexity index is 527. The zero-order valence-electron chi connectivity index (χ0n) is 18.6. The van der Waals surface area contributed by atoms with Crippen LogP contribution in [-0.2, 0) is 24.1 Å². The minimum absolute atomic E-state index is 0.0991. The van der Waals surface area contributed by atoms with Gasteiger partial charge < -0.3 is 4.74 Å². The van der Waals surface area contributed by atoms with Crippen LogP contribution in [0.5, 0.6) is 0 Å². The van der Waals surface area contributed by atoms with Crippen molar-refractivity contribution in [2.24, 2.45) is 5.92 Å². The lowest BCUT2D eigenvalue weighted by molar-refractivity contribution is -0.144. The Labute approximate surface area is 178 Å². The summed E-state index contributed by atoms with van der Waals surface area (Å²) in [6.07, 6.45) is 15.4. The van der Waals surface area contributed by atoms with Gasteiger partial charge in [-0.25, -0.2) is 4.18 Å². The zero-order chi connectivity index (χ0) is 22.0. The molecule has 0 aliphatic carbocycles. The smallest absolute Gasteiger partial charge is 0.397 e. The maximum Gasteiger partial charge on any atom is 0.397 e. The molecule has 0 radical (unpaired) electrons. The summed E-state index contributed by atoms with van der Waals surface area (Å²) in [5, 5.41) is 0. The van der Waals surface area contributed by atoms with Crippen LogP contribution in [0, 0.1) is 5.92 Å². The van der Waals surface area contributed by atoms with Gasteiger partial charge in [-0.15, -0.1) is 0 Å². The summed E-state index contributed by atoms with van der Waals surface area (Å²) in [6, 6.07) is 0. The van der Waals surface area contributed by atoms with Crippen molar-refractivity contribution in [2.75, 3.05) is 6.61 Å². The summed E-state index contributed by atoms with van der Waals surface area (Å²) in [7, 11) is -4.41. The Morgan fingerprint density at radius 1 is 0.966 bits per heavy atom. The van der Waals surface area contributed by atoms with Gasteiger partial charge in [-0.05, 0) is 38.0 Å². The quantitative estimate of drug-likeness (QED) is 0.116. The van der Waals surface area contributed by atoms with E-state index >= 15 is 0 Å². The van der Waals surface area contributed by atoms with E-state index in [4.69, 9.17) is 13.5 Å². The van der Waals surface area contributed by atoms with E-state index in [0.29, 0.717) is 31.8 Å². The van der Waals surface area contributed by atoms with Crippen molar-refractivity contribution in [1.82, 2.24) is 0 Å². The minimum Gasteiger partial charge on any atom is -0.465 e. The van der Waals surface area contributed by atoms with Crippen molar-refractivity contribution in [2.45, 2.75) is 110 Å². The maximum absolute atomic E-state index is 11.5. The molecule has 1 N–H and O–H groups in total.